The molecule has 0 aliphatic heterocycles. The molecule has 7 heteroatoms. The Morgan fingerprint density at radius 2 is 1.63 bits per heavy atom. The van der Waals surface area contributed by atoms with Crippen LogP contribution in [0.15, 0.2) is 71.5 Å². The third kappa shape index (κ3) is 5.30. The van der Waals surface area contributed by atoms with Crippen LogP contribution in [-0.4, -0.2) is 30.1 Å². The first kappa shape index (κ1) is 23.9. The lowest BCUT2D eigenvalue weighted by molar-refractivity contribution is 0.205. The van der Waals surface area contributed by atoms with Gasteiger partial charge < -0.3 is 24.7 Å². The molecule has 4 rings (SSSR count). The Morgan fingerprint density at radius 3 is 2.34 bits per heavy atom. The van der Waals surface area contributed by atoms with Gasteiger partial charge >= 0.3 is 6.03 Å². The first-order valence-electron chi connectivity index (χ1n) is 11.3. The lowest BCUT2D eigenvalue weighted by Gasteiger charge is -2.24. The number of aryl methyl sites for hydroxylation is 2. The predicted octanol–water partition coefficient (Wildman–Crippen LogP) is 5.40. The molecule has 0 fully saturated rings. The van der Waals surface area contributed by atoms with Crippen LogP contribution in [-0.2, 0) is 13.1 Å². The monoisotopic (exact) mass is 471 g/mol. The fraction of sp³-hybridized carbons (Fsp3) is 0.214. The number of ether oxygens (including phenoxy) is 2. The van der Waals surface area contributed by atoms with Crippen LogP contribution >= 0.6 is 0 Å². The molecule has 0 aliphatic carbocycles. The molecule has 7 nitrogen and oxygen atoms in total. The first-order chi connectivity index (χ1) is 16.9. The summed E-state index contributed by atoms with van der Waals surface area (Å²) in [7, 11) is 3.19. The topological polar surface area (TPSA) is 83.7 Å². The summed E-state index contributed by atoms with van der Waals surface area (Å²) in [6, 6.07) is 20.2. The van der Waals surface area contributed by atoms with Gasteiger partial charge in [-0.1, -0.05) is 30.3 Å². The van der Waals surface area contributed by atoms with Gasteiger partial charge in [0.05, 0.1) is 32.8 Å². The van der Waals surface area contributed by atoms with Crippen molar-refractivity contribution in [2.75, 3.05) is 19.5 Å². The van der Waals surface area contributed by atoms with E-state index in [4.69, 9.17) is 9.47 Å². The number of anilines is 1. The average molecular weight is 472 g/mol. The quantitative estimate of drug-likeness (QED) is 0.378. The van der Waals surface area contributed by atoms with Crippen molar-refractivity contribution >= 4 is 22.6 Å². The van der Waals surface area contributed by atoms with Crippen molar-refractivity contribution in [2.45, 2.75) is 26.9 Å². The van der Waals surface area contributed by atoms with Gasteiger partial charge in [-0.2, -0.15) is 0 Å². The van der Waals surface area contributed by atoms with Gasteiger partial charge in [0, 0.05) is 16.8 Å². The molecule has 0 aliphatic rings. The number of benzene rings is 3. The van der Waals surface area contributed by atoms with Crippen molar-refractivity contribution in [1.82, 2.24) is 9.88 Å². The summed E-state index contributed by atoms with van der Waals surface area (Å²) in [6.07, 6.45) is 0. The van der Waals surface area contributed by atoms with E-state index in [1.165, 1.54) is 0 Å². The number of urea groups is 1. The number of carbonyl (C=O) groups is 1. The van der Waals surface area contributed by atoms with Crippen molar-refractivity contribution in [2.24, 2.45) is 0 Å². The molecule has 1 heterocycles. The number of rotatable bonds is 7. The number of nitrogens with one attached hydrogen (secondary N) is 2. The molecule has 2 N–H and O–H groups in total. The van der Waals surface area contributed by atoms with E-state index in [1.807, 2.05) is 56.3 Å². The van der Waals surface area contributed by atoms with Crippen LogP contribution in [0, 0.1) is 13.8 Å². The Kier molecular flexibility index (Phi) is 7.06. The molecule has 180 valence electrons. The highest BCUT2D eigenvalue weighted by Gasteiger charge is 2.19. The van der Waals surface area contributed by atoms with Crippen molar-refractivity contribution in [3.05, 3.63) is 99.3 Å². The zero-order chi connectivity index (χ0) is 24.9. The number of para-hydroxylation sites is 1. The van der Waals surface area contributed by atoms with Gasteiger partial charge in [0.2, 0.25) is 0 Å². The minimum absolute atomic E-state index is 0.123. The van der Waals surface area contributed by atoms with Crippen LogP contribution in [0.2, 0.25) is 0 Å². The number of hydrogen-bond donors (Lipinski definition) is 2. The Balaban J connectivity index is 1.68. The molecule has 0 radical (unpaired) electrons. The summed E-state index contributed by atoms with van der Waals surface area (Å²) in [5, 5.41) is 3.85. The van der Waals surface area contributed by atoms with Gasteiger partial charge in [-0.3, -0.25) is 4.79 Å². The Hall–Kier alpha value is -4.26. The summed E-state index contributed by atoms with van der Waals surface area (Å²) >= 11 is 0. The number of pyridine rings is 1. The van der Waals surface area contributed by atoms with E-state index in [9.17, 15) is 9.59 Å². The van der Waals surface area contributed by atoms with E-state index in [1.54, 1.807) is 43.4 Å². The van der Waals surface area contributed by atoms with Crippen LogP contribution in [0.1, 0.15) is 22.3 Å². The van der Waals surface area contributed by atoms with E-state index in [-0.39, 0.29) is 24.7 Å². The normalized spacial score (nSPS) is 10.7. The number of aromatic amines is 1. The second-order valence-electron chi connectivity index (χ2n) is 8.42. The fourth-order valence-electron chi connectivity index (χ4n) is 4.01. The molecule has 1 aromatic heterocycles. The van der Waals surface area contributed by atoms with Crippen molar-refractivity contribution in [1.29, 1.82) is 0 Å². The smallest absolute Gasteiger partial charge is 0.322 e. The molecule has 3 aromatic carbocycles. The van der Waals surface area contributed by atoms with E-state index >= 15 is 0 Å². The highest BCUT2D eigenvalue weighted by Crippen LogP contribution is 2.23. The average Bonchev–Trinajstić information content (AvgIpc) is 2.87. The highest BCUT2D eigenvalue weighted by atomic mass is 16.5. The number of H-pyrrole nitrogens is 1. The van der Waals surface area contributed by atoms with Gasteiger partial charge in [0.15, 0.2) is 0 Å². The SMILES string of the molecule is COc1ccc(NC(=O)N(Cc2ccccc2OC)Cc2cc3ccc(C)c(C)c3[nH]c2=O)cc1. The molecule has 0 saturated carbocycles. The summed E-state index contributed by atoms with van der Waals surface area (Å²) in [4.78, 5) is 31.0. The largest absolute Gasteiger partial charge is 0.497 e. The summed E-state index contributed by atoms with van der Waals surface area (Å²) in [5.74, 6) is 1.37. The van der Waals surface area contributed by atoms with Crippen molar-refractivity contribution < 1.29 is 14.3 Å². The number of hydrogen-bond acceptors (Lipinski definition) is 4. The van der Waals surface area contributed by atoms with Gasteiger partial charge in [-0.15, -0.1) is 0 Å². The molecule has 35 heavy (non-hydrogen) atoms. The number of aromatic nitrogens is 1. The van der Waals surface area contributed by atoms with Crippen molar-refractivity contribution in [3.63, 3.8) is 0 Å². The van der Waals surface area contributed by atoms with Crippen LogP contribution in [0.4, 0.5) is 10.5 Å². The summed E-state index contributed by atoms with van der Waals surface area (Å²) in [5.41, 5.74) is 4.71. The number of amides is 2. The summed E-state index contributed by atoms with van der Waals surface area (Å²) < 4.78 is 10.7. The van der Waals surface area contributed by atoms with Crippen LogP contribution < -0.4 is 20.3 Å². The standard InChI is InChI=1S/C28H29N3O4/c1-18-9-10-20-15-22(27(32)30-26(20)19(18)2)17-31(16-21-7-5-6-8-25(21)35-4)28(33)29-23-11-13-24(34-3)14-12-23/h5-15H,16-17H2,1-4H3,(H,29,33)(H,30,32). The molecule has 2 amide bonds. The molecule has 4 aromatic rings. The Bertz CT molecular complexity index is 1410. The van der Waals surface area contributed by atoms with Gasteiger partial charge in [0.1, 0.15) is 11.5 Å². The third-order valence-electron chi connectivity index (χ3n) is 6.17. The number of fused-ring (bicyclic) bond motifs is 1. The van der Waals surface area contributed by atoms with Gasteiger partial charge in [-0.25, -0.2) is 4.79 Å². The van der Waals surface area contributed by atoms with E-state index < -0.39 is 0 Å². The third-order valence-corrected chi connectivity index (χ3v) is 6.17. The van der Waals surface area contributed by atoms with Crippen molar-refractivity contribution in [3.8, 4) is 11.5 Å². The predicted molar refractivity (Wildman–Crippen MR) is 138 cm³/mol. The van der Waals surface area contributed by atoms with Gasteiger partial charge in [0.25, 0.3) is 5.56 Å². The maximum Gasteiger partial charge on any atom is 0.322 e. The molecule has 0 spiro atoms. The summed E-state index contributed by atoms with van der Waals surface area (Å²) in [6.45, 7) is 4.39. The number of carbonyl (C=O) groups excluding carboxylic acids is 1. The zero-order valence-electron chi connectivity index (χ0n) is 20.3. The molecule has 0 atom stereocenters. The minimum atomic E-state index is -0.333. The lowest BCUT2D eigenvalue weighted by Crippen LogP contribution is -2.35. The Labute approximate surface area is 204 Å². The molecular weight excluding hydrogens is 442 g/mol. The Morgan fingerprint density at radius 1 is 0.914 bits per heavy atom. The molecular formula is C28H29N3O4. The molecule has 0 bridgehead atoms. The fourth-order valence-corrected chi connectivity index (χ4v) is 4.01. The molecule has 0 saturated heterocycles. The first-order valence-corrected chi connectivity index (χ1v) is 11.3. The van der Waals surface area contributed by atoms with E-state index in [2.05, 4.69) is 10.3 Å². The van der Waals surface area contributed by atoms with Crippen LogP contribution in [0.5, 0.6) is 11.5 Å². The van der Waals surface area contributed by atoms with Gasteiger partial charge in [-0.05, 0) is 66.8 Å². The number of nitrogens with zero attached hydrogens (tertiary/aromatic N) is 1. The second-order valence-corrected chi connectivity index (χ2v) is 8.42. The lowest BCUT2D eigenvalue weighted by atomic mass is 10.0. The molecule has 0 unspecified atom stereocenters. The highest BCUT2D eigenvalue weighted by molar-refractivity contribution is 5.89. The minimum Gasteiger partial charge on any atom is -0.497 e. The zero-order valence-corrected chi connectivity index (χ0v) is 20.3. The maximum atomic E-state index is 13.4. The number of methoxy groups -OCH3 is 2. The van der Waals surface area contributed by atoms with Crippen LogP contribution in [0.25, 0.3) is 10.9 Å². The van der Waals surface area contributed by atoms with E-state index in [0.29, 0.717) is 22.7 Å². The maximum absolute atomic E-state index is 13.4. The van der Waals surface area contributed by atoms with E-state index in [0.717, 1.165) is 27.6 Å². The second kappa shape index (κ2) is 10.3. The van der Waals surface area contributed by atoms with Crippen LogP contribution in [0.3, 0.4) is 0 Å².